The maximum Gasteiger partial charge on any atom is 0.125 e. The summed E-state index contributed by atoms with van der Waals surface area (Å²) in [4.78, 5) is 4.03. The lowest BCUT2D eigenvalue weighted by molar-refractivity contribution is 0.699. The van der Waals surface area contributed by atoms with E-state index in [1.54, 1.807) is 12.4 Å². The number of nitrogen functional groups attached to an aromatic ring is 1. The van der Waals surface area contributed by atoms with Crippen LogP contribution in [0, 0.1) is 6.92 Å². The van der Waals surface area contributed by atoms with Crippen molar-refractivity contribution in [1.29, 1.82) is 0 Å². The molecule has 20 heavy (non-hydrogen) atoms. The van der Waals surface area contributed by atoms with E-state index in [0.29, 0.717) is 12.4 Å². The van der Waals surface area contributed by atoms with Crippen LogP contribution in [-0.4, -0.2) is 14.8 Å². The first-order chi connectivity index (χ1) is 9.75. The van der Waals surface area contributed by atoms with Crippen molar-refractivity contribution in [2.24, 2.45) is 0 Å². The number of aromatic nitrogens is 3. The minimum absolute atomic E-state index is 0.679. The average Bonchev–Trinajstić information content (AvgIpc) is 2.78. The second-order valence-electron chi connectivity index (χ2n) is 4.74. The number of nitrogens with two attached hydrogens (primary N) is 1. The van der Waals surface area contributed by atoms with Gasteiger partial charge in [-0.3, -0.25) is 4.98 Å². The normalized spacial score (nSPS) is 10.7. The zero-order valence-corrected chi connectivity index (χ0v) is 11.3. The Morgan fingerprint density at radius 1 is 1.05 bits per heavy atom. The molecule has 0 atom stereocenters. The minimum Gasteiger partial charge on any atom is -0.384 e. The number of hydrogen-bond acceptors (Lipinski definition) is 3. The molecule has 2 N–H and O–H groups in total. The van der Waals surface area contributed by atoms with Crippen molar-refractivity contribution < 1.29 is 0 Å². The molecule has 100 valence electrons. The maximum atomic E-state index is 6.17. The Labute approximate surface area is 117 Å². The van der Waals surface area contributed by atoms with Crippen molar-refractivity contribution in [2.45, 2.75) is 13.5 Å². The van der Waals surface area contributed by atoms with Crippen LogP contribution in [0.3, 0.4) is 0 Å². The van der Waals surface area contributed by atoms with Gasteiger partial charge in [0.05, 0.1) is 12.2 Å². The van der Waals surface area contributed by atoms with Crippen molar-refractivity contribution in [2.75, 3.05) is 5.73 Å². The highest BCUT2D eigenvalue weighted by Gasteiger charge is 2.13. The van der Waals surface area contributed by atoms with Gasteiger partial charge in [0.25, 0.3) is 0 Å². The molecule has 4 nitrogen and oxygen atoms in total. The quantitative estimate of drug-likeness (QED) is 0.791. The van der Waals surface area contributed by atoms with Crippen LogP contribution in [0.2, 0.25) is 0 Å². The molecule has 0 aliphatic heterocycles. The van der Waals surface area contributed by atoms with E-state index < -0.39 is 0 Å². The molecule has 0 unspecified atom stereocenters. The predicted octanol–water partition coefficient (Wildman–Crippen LogP) is 2.88. The Hall–Kier alpha value is -2.62. The topological polar surface area (TPSA) is 56.7 Å². The number of pyridine rings is 1. The summed E-state index contributed by atoms with van der Waals surface area (Å²) >= 11 is 0. The van der Waals surface area contributed by atoms with E-state index in [2.05, 4.69) is 22.2 Å². The van der Waals surface area contributed by atoms with Crippen molar-refractivity contribution >= 4 is 5.82 Å². The molecule has 2 heterocycles. The molecule has 0 bridgehead atoms. The van der Waals surface area contributed by atoms with Crippen molar-refractivity contribution in [1.82, 2.24) is 14.8 Å². The van der Waals surface area contributed by atoms with Gasteiger partial charge in [0.1, 0.15) is 5.82 Å². The Morgan fingerprint density at radius 3 is 2.45 bits per heavy atom. The van der Waals surface area contributed by atoms with Gasteiger partial charge in [-0.1, -0.05) is 30.3 Å². The van der Waals surface area contributed by atoms with Crippen LogP contribution in [0.1, 0.15) is 11.1 Å². The molecule has 0 aliphatic carbocycles. The summed E-state index contributed by atoms with van der Waals surface area (Å²) < 4.78 is 1.85. The Bertz CT molecular complexity index is 702. The lowest BCUT2D eigenvalue weighted by Gasteiger charge is -2.04. The lowest BCUT2D eigenvalue weighted by atomic mass is 10.1. The monoisotopic (exact) mass is 264 g/mol. The Balaban J connectivity index is 1.98. The van der Waals surface area contributed by atoms with E-state index in [-0.39, 0.29) is 0 Å². The molecular formula is C16H16N4. The van der Waals surface area contributed by atoms with Gasteiger partial charge in [0.15, 0.2) is 0 Å². The highest BCUT2D eigenvalue weighted by atomic mass is 15.3. The van der Waals surface area contributed by atoms with Crippen molar-refractivity contribution in [3.05, 3.63) is 66.0 Å². The van der Waals surface area contributed by atoms with E-state index in [1.807, 2.05) is 41.9 Å². The fourth-order valence-corrected chi connectivity index (χ4v) is 2.23. The van der Waals surface area contributed by atoms with Crippen LogP contribution in [0.5, 0.6) is 0 Å². The largest absolute Gasteiger partial charge is 0.384 e. The smallest absolute Gasteiger partial charge is 0.125 e. The number of nitrogens with zero attached hydrogens (tertiary/aromatic N) is 3. The van der Waals surface area contributed by atoms with Crippen LogP contribution < -0.4 is 5.73 Å². The lowest BCUT2D eigenvalue weighted by Crippen LogP contribution is -2.06. The fourth-order valence-electron chi connectivity index (χ4n) is 2.23. The first kappa shape index (κ1) is 12.4. The third-order valence-corrected chi connectivity index (χ3v) is 3.37. The zero-order valence-electron chi connectivity index (χ0n) is 11.3. The van der Waals surface area contributed by atoms with Gasteiger partial charge in [0, 0.05) is 23.5 Å². The number of hydrogen-bond donors (Lipinski definition) is 1. The predicted molar refractivity (Wildman–Crippen MR) is 80.2 cm³/mol. The molecule has 3 rings (SSSR count). The third kappa shape index (κ3) is 2.28. The zero-order chi connectivity index (χ0) is 13.9. The van der Waals surface area contributed by atoms with Gasteiger partial charge in [0.2, 0.25) is 0 Å². The summed E-state index contributed by atoms with van der Waals surface area (Å²) in [6.07, 6.45) is 3.53. The number of anilines is 1. The van der Waals surface area contributed by atoms with Gasteiger partial charge in [-0.2, -0.15) is 5.10 Å². The van der Waals surface area contributed by atoms with Crippen LogP contribution in [0.25, 0.3) is 11.3 Å². The number of rotatable bonds is 3. The Kier molecular flexibility index (Phi) is 3.21. The molecule has 0 spiro atoms. The van der Waals surface area contributed by atoms with E-state index in [9.17, 15) is 0 Å². The first-order valence-electron chi connectivity index (χ1n) is 6.53. The summed E-state index contributed by atoms with van der Waals surface area (Å²) in [6, 6.07) is 14.1. The van der Waals surface area contributed by atoms with Crippen molar-refractivity contribution in [3.8, 4) is 11.3 Å². The first-order valence-corrected chi connectivity index (χ1v) is 6.53. The third-order valence-electron chi connectivity index (χ3n) is 3.37. The van der Waals surface area contributed by atoms with Crippen LogP contribution in [0.15, 0.2) is 54.9 Å². The second-order valence-corrected chi connectivity index (χ2v) is 4.74. The molecule has 0 amide bonds. The highest BCUT2D eigenvalue weighted by Crippen LogP contribution is 2.26. The molecule has 4 heteroatoms. The highest BCUT2D eigenvalue weighted by molar-refractivity contribution is 5.67. The Morgan fingerprint density at radius 2 is 1.75 bits per heavy atom. The maximum absolute atomic E-state index is 6.17. The standard InChI is InChI=1S/C16H16N4/c1-12-15(14-7-9-18-10-8-14)19-20(16(12)17)11-13-5-3-2-4-6-13/h2-10H,11,17H2,1H3. The van der Waals surface area contributed by atoms with Gasteiger partial charge in [-0.25, -0.2) is 4.68 Å². The minimum atomic E-state index is 0.679. The molecule has 0 radical (unpaired) electrons. The molecule has 0 aliphatic rings. The molecule has 0 saturated heterocycles. The van der Waals surface area contributed by atoms with E-state index >= 15 is 0 Å². The molecule has 2 aromatic heterocycles. The summed E-state index contributed by atoms with van der Waals surface area (Å²) in [5, 5.41) is 4.64. The fraction of sp³-hybridized carbons (Fsp3) is 0.125. The molecular weight excluding hydrogens is 248 g/mol. The summed E-state index contributed by atoms with van der Waals surface area (Å²) in [7, 11) is 0. The molecule has 1 aromatic carbocycles. The van der Waals surface area contributed by atoms with E-state index in [0.717, 1.165) is 16.8 Å². The molecule has 0 saturated carbocycles. The van der Waals surface area contributed by atoms with Gasteiger partial charge in [-0.05, 0) is 24.6 Å². The summed E-state index contributed by atoms with van der Waals surface area (Å²) in [5.41, 5.74) is 10.3. The average molecular weight is 264 g/mol. The van der Waals surface area contributed by atoms with Gasteiger partial charge in [-0.15, -0.1) is 0 Å². The van der Waals surface area contributed by atoms with Crippen LogP contribution >= 0.6 is 0 Å². The van der Waals surface area contributed by atoms with Crippen molar-refractivity contribution in [3.63, 3.8) is 0 Å². The van der Waals surface area contributed by atoms with Crippen LogP contribution in [-0.2, 0) is 6.54 Å². The van der Waals surface area contributed by atoms with Crippen LogP contribution in [0.4, 0.5) is 5.82 Å². The van der Waals surface area contributed by atoms with E-state index in [1.165, 1.54) is 5.56 Å². The number of benzene rings is 1. The summed E-state index contributed by atoms with van der Waals surface area (Å²) in [6.45, 7) is 2.68. The SMILES string of the molecule is Cc1c(-c2ccncc2)nn(Cc2ccccc2)c1N. The second kappa shape index (κ2) is 5.17. The van der Waals surface area contributed by atoms with Gasteiger partial charge >= 0.3 is 0 Å². The van der Waals surface area contributed by atoms with E-state index in [4.69, 9.17) is 5.73 Å². The van der Waals surface area contributed by atoms with Gasteiger partial charge < -0.3 is 5.73 Å². The molecule has 3 aromatic rings. The molecule has 0 fully saturated rings. The summed E-state index contributed by atoms with van der Waals surface area (Å²) in [5.74, 6) is 0.709.